The van der Waals surface area contributed by atoms with Crippen LogP contribution in [0.4, 0.5) is 14.5 Å². The molecule has 35 heavy (non-hydrogen) atoms. The second-order valence-electron chi connectivity index (χ2n) is 7.11. The van der Waals surface area contributed by atoms with E-state index in [4.69, 9.17) is 34.8 Å². The van der Waals surface area contributed by atoms with Crippen molar-refractivity contribution in [2.75, 3.05) is 11.1 Å². The summed E-state index contributed by atoms with van der Waals surface area (Å²) in [6.07, 6.45) is 1.64. The number of anilines is 1. The number of imidazole rings is 1. The molecule has 1 N–H and O–H groups in total. The van der Waals surface area contributed by atoms with Crippen molar-refractivity contribution in [2.45, 2.75) is 11.8 Å². The molecule has 0 saturated carbocycles. The van der Waals surface area contributed by atoms with Gasteiger partial charge in [-0.1, -0.05) is 58.7 Å². The molecule has 0 unspecified atom stereocenters. The first-order valence-electron chi connectivity index (χ1n) is 10.1. The maximum absolute atomic E-state index is 12.6. The Morgan fingerprint density at radius 3 is 2.49 bits per heavy atom. The molecule has 1 heterocycles. The van der Waals surface area contributed by atoms with Crippen LogP contribution in [0.3, 0.4) is 0 Å². The van der Waals surface area contributed by atoms with Crippen LogP contribution in [0, 0.1) is 0 Å². The van der Waals surface area contributed by atoms with Crippen molar-refractivity contribution >= 4 is 58.2 Å². The Bertz CT molecular complexity index is 1350. The normalized spacial score (nSPS) is 11.0. The Morgan fingerprint density at radius 1 is 1.03 bits per heavy atom. The monoisotopic (exact) mass is 553 g/mol. The number of alkyl halides is 2. The maximum atomic E-state index is 12.6. The Labute approximate surface area is 219 Å². The molecule has 180 valence electrons. The molecular weight excluding hydrogens is 539 g/mol. The molecule has 4 rings (SSSR count). The summed E-state index contributed by atoms with van der Waals surface area (Å²) in [5, 5.41) is 4.58. The van der Waals surface area contributed by atoms with E-state index in [9.17, 15) is 13.6 Å². The van der Waals surface area contributed by atoms with Gasteiger partial charge in [0, 0.05) is 22.0 Å². The molecule has 3 aromatic carbocycles. The fraction of sp³-hybridized carbons (Fsp3) is 0.0833. The molecule has 0 spiro atoms. The molecule has 11 heteroatoms. The molecule has 0 fully saturated rings. The predicted octanol–water partition coefficient (Wildman–Crippen LogP) is 7.83. The van der Waals surface area contributed by atoms with Gasteiger partial charge in [0.1, 0.15) is 5.75 Å². The van der Waals surface area contributed by atoms with E-state index in [-0.39, 0.29) is 17.4 Å². The maximum Gasteiger partial charge on any atom is 0.387 e. The number of benzene rings is 3. The number of aromatic nitrogens is 2. The standard InChI is InChI=1S/C24H16Cl3F2N3O2S/c25-15-2-1-3-16(11-15)31-22(33)13-35-24-30-12-21(14-4-9-19(26)20(27)10-14)32(24)17-5-7-18(8-6-17)34-23(28)29/h1-12,23H,13H2,(H,31,33). The minimum atomic E-state index is -2.93. The highest BCUT2D eigenvalue weighted by molar-refractivity contribution is 7.99. The van der Waals surface area contributed by atoms with Gasteiger partial charge in [-0.2, -0.15) is 8.78 Å². The van der Waals surface area contributed by atoms with Crippen molar-refractivity contribution in [3.05, 3.63) is 88.0 Å². The Balaban J connectivity index is 1.63. The Kier molecular flexibility index (Phi) is 8.18. The van der Waals surface area contributed by atoms with Gasteiger partial charge in [-0.3, -0.25) is 9.36 Å². The average Bonchev–Trinajstić information content (AvgIpc) is 3.23. The van der Waals surface area contributed by atoms with E-state index in [1.165, 1.54) is 23.9 Å². The van der Waals surface area contributed by atoms with Crippen molar-refractivity contribution in [2.24, 2.45) is 0 Å². The van der Waals surface area contributed by atoms with Crippen LogP contribution in [0.1, 0.15) is 0 Å². The SMILES string of the molecule is O=C(CSc1ncc(-c2ccc(Cl)c(Cl)c2)n1-c1ccc(OC(F)F)cc1)Nc1cccc(Cl)c1. The molecule has 0 aliphatic heterocycles. The number of nitrogens with zero attached hydrogens (tertiary/aromatic N) is 2. The number of thioether (sulfide) groups is 1. The number of carbonyl (C=O) groups excluding carboxylic acids is 1. The third kappa shape index (κ3) is 6.46. The van der Waals surface area contributed by atoms with E-state index in [0.717, 1.165) is 5.56 Å². The van der Waals surface area contributed by atoms with E-state index < -0.39 is 6.61 Å². The molecular formula is C24H16Cl3F2N3O2S. The fourth-order valence-electron chi connectivity index (χ4n) is 3.22. The van der Waals surface area contributed by atoms with Crippen LogP contribution in [0.5, 0.6) is 5.75 Å². The van der Waals surface area contributed by atoms with Gasteiger partial charge in [0.15, 0.2) is 5.16 Å². The minimum Gasteiger partial charge on any atom is -0.435 e. The first-order valence-corrected chi connectivity index (χ1v) is 12.2. The molecule has 5 nitrogen and oxygen atoms in total. The Hall–Kier alpha value is -2.78. The van der Waals surface area contributed by atoms with Gasteiger partial charge in [-0.25, -0.2) is 4.98 Å². The summed E-state index contributed by atoms with van der Waals surface area (Å²) < 4.78 is 31.4. The van der Waals surface area contributed by atoms with Crippen LogP contribution in [-0.2, 0) is 4.79 Å². The van der Waals surface area contributed by atoms with Crippen LogP contribution in [0.2, 0.25) is 15.1 Å². The molecule has 0 bridgehead atoms. The number of ether oxygens (including phenoxy) is 1. The van der Waals surface area contributed by atoms with Crippen LogP contribution < -0.4 is 10.1 Å². The largest absolute Gasteiger partial charge is 0.435 e. The summed E-state index contributed by atoms with van der Waals surface area (Å²) >= 11 is 19.5. The first-order chi connectivity index (χ1) is 16.8. The van der Waals surface area contributed by atoms with Gasteiger partial charge in [0.2, 0.25) is 5.91 Å². The molecule has 1 amide bonds. The van der Waals surface area contributed by atoms with Crippen molar-refractivity contribution in [3.8, 4) is 22.7 Å². The van der Waals surface area contributed by atoms with Gasteiger partial charge in [0.25, 0.3) is 0 Å². The number of hydrogen-bond donors (Lipinski definition) is 1. The second kappa shape index (κ2) is 11.3. The van der Waals surface area contributed by atoms with Gasteiger partial charge in [0.05, 0.1) is 27.7 Å². The summed E-state index contributed by atoms with van der Waals surface area (Å²) in [5.74, 6) is -0.157. The molecule has 0 aliphatic carbocycles. The third-order valence-corrected chi connectivity index (χ3v) is 6.63. The lowest BCUT2D eigenvalue weighted by Crippen LogP contribution is -2.14. The number of carbonyl (C=O) groups is 1. The van der Waals surface area contributed by atoms with E-state index in [1.807, 2.05) is 0 Å². The number of hydrogen-bond acceptors (Lipinski definition) is 4. The lowest BCUT2D eigenvalue weighted by atomic mass is 10.1. The summed E-state index contributed by atoms with van der Waals surface area (Å²) in [5.41, 5.74) is 2.61. The van der Waals surface area contributed by atoms with Crippen molar-refractivity contribution in [3.63, 3.8) is 0 Å². The van der Waals surface area contributed by atoms with Crippen molar-refractivity contribution in [1.29, 1.82) is 0 Å². The summed E-state index contributed by atoms with van der Waals surface area (Å²) in [7, 11) is 0. The van der Waals surface area contributed by atoms with E-state index in [0.29, 0.717) is 37.3 Å². The number of amides is 1. The summed E-state index contributed by atoms with van der Waals surface area (Å²) in [4.78, 5) is 17.0. The zero-order valence-corrected chi connectivity index (χ0v) is 20.8. The Morgan fingerprint density at radius 2 is 1.80 bits per heavy atom. The first kappa shape index (κ1) is 25.3. The van der Waals surface area contributed by atoms with E-state index in [1.54, 1.807) is 65.4 Å². The smallest absolute Gasteiger partial charge is 0.387 e. The highest BCUT2D eigenvalue weighted by Crippen LogP contribution is 2.34. The molecule has 0 aliphatic rings. The lowest BCUT2D eigenvalue weighted by molar-refractivity contribution is -0.113. The van der Waals surface area contributed by atoms with Crippen molar-refractivity contribution < 1.29 is 18.3 Å². The number of halogens is 5. The highest BCUT2D eigenvalue weighted by Gasteiger charge is 2.17. The van der Waals surface area contributed by atoms with Crippen LogP contribution in [-0.4, -0.2) is 27.8 Å². The summed E-state index contributed by atoms with van der Waals surface area (Å²) in [6.45, 7) is -2.93. The van der Waals surface area contributed by atoms with Crippen molar-refractivity contribution in [1.82, 2.24) is 9.55 Å². The molecule has 4 aromatic rings. The lowest BCUT2D eigenvalue weighted by Gasteiger charge is -2.13. The van der Waals surface area contributed by atoms with E-state index in [2.05, 4.69) is 15.0 Å². The second-order valence-corrected chi connectivity index (χ2v) is 9.30. The average molecular weight is 555 g/mol. The highest BCUT2D eigenvalue weighted by atomic mass is 35.5. The van der Waals surface area contributed by atoms with Crippen LogP contribution in [0.15, 0.2) is 78.1 Å². The molecule has 0 radical (unpaired) electrons. The predicted molar refractivity (Wildman–Crippen MR) is 136 cm³/mol. The third-order valence-electron chi connectivity index (χ3n) is 4.71. The summed E-state index contributed by atoms with van der Waals surface area (Å²) in [6, 6.07) is 18.1. The quantitative estimate of drug-likeness (QED) is 0.226. The zero-order valence-electron chi connectivity index (χ0n) is 17.7. The number of nitrogens with one attached hydrogen (secondary N) is 1. The van der Waals surface area contributed by atoms with E-state index >= 15 is 0 Å². The molecule has 1 aromatic heterocycles. The van der Waals surface area contributed by atoms with Crippen LogP contribution in [0.25, 0.3) is 16.9 Å². The zero-order chi connectivity index (χ0) is 24.9. The van der Waals surface area contributed by atoms with Gasteiger partial charge in [-0.05, 0) is 54.6 Å². The van der Waals surface area contributed by atoms with Gasteiger partial charge < -0.3 is 10.1 Å². The topological polar surface area (TPSA) is 56.2 Å². The molecule has 0 atom stereocenters. The minimum absolute atomic E-state index is 0.0232. The van der Waals surface area contributed by atoms with Gasteiger partial charge >= 0.3 is 6.61 Å². The van der Waals surface area contributed by atoms with Crippen LogP contribution >= 0.6 is 46.6 Å². The number of rotatable bonds is 8. The molecule has 0 saturated heterocycles. The van der Waals surface area contributed by atoms with Gasteiger partial charge in [-0.15, -0.1) is 0 Å². The fourth-order valence-corrected chi connectivity index (χ4v) is 4.50.